The molecule has 0 spiro atoms. The molecule has 0 unspecified atom stereocenters. The first-order valence-electron chi connectivity index (χ1n) is 10.3. The number of nitrogens with one attached hydrogen (secondary N) is 1. The lowest BCUT2D eigenvalue weighted by Crippen LogP contribution is -2.35. The number of morpholine rings is 1. The third kappa shape index (κ3) is 4.06. The molecule has 2 aromatic carbocycles. The zero-order chi connectivity index (χ0) is 22.1. The highest BCUT2D eigenvalue weighted by molar-refractivity contribution is 9.10. The van der Waals surface area contributed by atoms with Gasteiger partial charge in [0.1, 0.15) is 23.1 Å². The number of methoxy groups -OCH3 is 1. The summed E-state index contributed by atoms with van der Waals surface area (Å²) >= 11 is 3.47. The first-order valence-corrected chi connectivity index (χ1v) is 11.1. The Morgan fingerprint density at radius 3 is 2.91 bits per heavy atom. The van der Waals surface area contributed by atoms with Crippen LogP contribution in [0, 0.1) is 0 Å². The van der Waals surface area contributed by atoms with Crippen molar-refractivity contribution in [3.8, 4) is 5.75 Å². The maximum Gasteiger partial charge on any atom is 0.298 e. The van der Waals surface area contributed by atoms with E-state index in [9.17, 15) is 4.79 Å². The Morgan fingerprint density at radius 2 is 2.09 bits per heavy atom. The molecule has 164 valence electrons. The highest BCUT2D eigenvalue weighted by atomic mass is 79.9. The molecule has 4 aromatic rings. The topological polar surface area (TPSA) is 84.7 Å². The van der Waals surface area contributed by atoms with E-state index in [2.05, 4.69) is 35.9 Å². The summed E-state index contributed by atoms with van der Waals surface area (Å²) in [5, 5.41) is 5.26. The van der Waals surface area contributed by atoms with Crippen LogP contribution in [0.1, 0.15) is 11.1 Å². The van der Waals surface area contributed by atoms with Crippen LogP contribution >= 0.6 is 15.9 Å². The van der Waals surface area contributed by atoms with Crippen molar-refractivity contribution >= 4 is 44.1 Å². The summed E-state index contributed by atoms with van der Waals surface area (Å²) in [7, 11) is 1.67. The fraction of sp³-hybridized carbons (Fsp3) is 0.261. The van der Waals surface area contributed by atoms with Crippen molar-refractivity contribution in [1.29, 1.82) is 0 Å². The van der Waals surface area contributed by atoms with Crippen LogP contribution in [0.15, 0.2) is 57.1 Å². The largest absolute Gasteiger partial charge is 0.496 e. The smallest absolute Gasteiger partial charge is 0.298 e. The number of benzene rings is 2. The van der Waals surface area contributed by atoms with Crippen molar-refractivity contribution < 1.29 is 9.47 Å². The number of aromatic nitrogens is 3. The van der Waals surface area contributed by atoms with E-state index in [4.69, 9.17) is 9.47 Å². The number of H-pyrrole nitrogens is 1. The summed E-state index contributed by atoms with van der Waals surface area (Å²) in [6.07, 6.45) is 3.12. The molecule has 0 saturated carbocycles. The van der Waals surface area contributed by atoms with Crippen LogP contribution in [0.4, 0.5) is 0 Å². The van der Waals surface area contributed by atoms with E-state index in [0.717, 1.165) is 65.1 Å². The molecule has 3 heterocycles. The van der Waals surface area contributed by atoms with Gasteiger partial charge in [0.2, 0.25) is 0 Å². The number of fused-ring (bicyclic) bond motifs is 3. The molecule has 1 fully saturated rings. The van der Waals surface area contributed by atoms with Crippen LogP contribution in [-0.4, -0.2) is 59.2 Å². The highest BCUT2D eigenvalue weighted by Crippen LogP contribution is 2.25. The van der Waals surface area contributed by atoms with Gasteiger partial charge >= 0.3 is 0 Å². The van der Waals surface area contributed by atoms with Gasteiger partial charge in [-0.05, 0) is 42.0 Å². The van der Waals surface area contributed by atoms with E-state index in [-0.39, 0.29) is 5.56 Å². The van der Waals surface area contributed by atoms with Crippen molar-refractivity contribution in [1.82, 2.24) is 19.5 Å². The van der Waals surface area contributed by atoms with Gasteiger partial charge < -0.3 is 14.5 Å². The Hall–Kier alpha value is -3.01. The standard InChI is InChI=1S/C23H22BrN5O3/c1-31-20-5-2-15(10-16(20)13-28-6-8-32-9-7-28)12-26-29-14-25-21-18-11-17(24)3-4-19(18)27-22(21)23(29)30/h2-5,10-12,14,27H,6-9,13H2,1H3/b26-12+. The molecule has 0 amide bonds. The van der Waals surface area contributed by atoms with Gasteiger partial charge in [0.15, 0.2) is 0 Å². The van der Waals surface area contributed by atoms with E-state index < -0.39 is 0 Å². The molecule has 1 aliphatic rings. The van der Waals surface area contributed by atoms with E-state index >= 15 is 0 Å². The summed E-state index contributed by atoms with van der Waals surface area (Å²) in [5.41, 5.74) is 3.62. The number of hydrogen-bond donors (Lipinski definition) is 1. The van der Waals surface area contributed by atoms with Crippen molar-refractivity contribution in [2.75, 3.05) is 33.4 Å². The van der Waals surface area contributed by atoms with E-state index in [1.807, 2.05) is 36.4 Å². The Morgan fingerprint density at radius 1 is 1.25 bits per heavy atom. The van der Waals surface area contributed by atoms with Crippen molar-refractivity contribution in [3.63, 3.8) is 0 Å². The quantitative estimate of drug-likeness (QED) is 0.429. The van der Waals surface area contributed by atoms with Gasteiger partial charge in [-0.15, -0.1) is 0 Å². The minimum Gasteiger partial charge on any atom is -0.496 e. The van der Waals surface area contributed by atoms with E-state index in [1.54, 1.807) is 13.3 Å². The van der Waals surface area contributed by atoms with E-state index in [0.29, 0.717) is 11.0 Å². The van der Waals surface area contributed by atoms with Gasteiger partial charge in [0.25, 0.3) is 5.56 Å². The van der Waals surface area contributed by atoms with Crippen LogP contribution in [0.2, 0.25) is 0 Å². The van der Waals surface area contributed by atoms with Crippen LogP contribution in [0.25, 0.3) is 21.9 Å². The van der Waals surface area contributed by atoms with Crippen molar-refractivity contribution in [2.45, 2.75) is 6.54 Å². The molecule has 5 rings (SSSR count). The predicted octanol–water partition coefficient (Wildman–Crippen LogP) is 3.36. The number of hydrogen-bond acceptors (Lipinski definition) is 6. The molecular formula is C23H22BrN5O3. The fourth-order valence-corrected chi connectivity index (χ4v) is 4.29. The van der Waals surface area contributed by atoms with Gasteiger partial charge in [-0.2, -0.15) is 9.78 Å². The lowest BCUT2D eigenvalue weighted by Gasteiger charge is -2.27. The van der Waals surface area contributed by atoms with Gasteiger partial charge in [0, 0.05) is 40.6 Å². The van der Waals surface area contributed by atoms with Gasteiger partial charge in [-0.1, -0.05) is 15.9 Å². The summed E-state index contributed by atoms with van der Waals surface area (Å²) in [6.45, 7) is 4.04. The zero-order valence-electron chi connectivity index (χ0n) is 17.5. The molecule has 8 nitrogen and oxygen atoms in total. The Bertz CT molecular complexity index is 1370. The molecule has 1 N–H and O–H groups in total. The number of halogens is 1. The second-order valence-electron chi connectivity index (χ2n) is 7.64. The lowest BCUT2D eigenvalue weighted by molar-refractivity contribution is 0.0339. The Balaban J connectivity index is 1.45. The van der Waals surface area contributed by atoms with E-state index in [1.165, 1.54) is 11.0 Å². The van der Waals surface area contributed by atoms with Crippen molar-refractivity contribution in [3.05, 3.63) is 68.7 Å². The number of ether oxygens (including phenoxy) is 2. The van der Waals surface area contributed by atoms with Crippen LogP contribution < -0.4 is 10.3 Å². The molecule has 0 aliphatic carbocycles. The number of nitrogens with zero attached hydrogens (tertiary/aromatic N) is 4. The minimum atomic E-state index is -0.249. The summed E-state index contributed by atoms with van der Waals surface area (Å²) < 4.78 is 13.2. The zero-order valence-corrected chi connectivity index (χ0v) is 19.1. The van der Waals surface area contributed by atoms with Crippen LogP contribution in [-0.2, 0) is 11.3 Å². The summed E-state index contributed by atoms with van der Waals surface area (Å²) in [4.78, 5) is 22.9. The van der Waals surface area contributed by atoms with Gasteiger partial charge in [-0.25, -0.2) is 4.98 Å². The predicted molar refractivity (Wildman–Crippen MR) is 128 cm³/mol. The third-order valence-electron chi connectivity index (χ3n) is 5.58. The fourth-order valence-electron chi connectivity index (χ4n) is 3.93. The Kier molecular flexibility index (Phi) is 5.77. The van der Waals surface area contributed by atoms with Gasteiger partial charge in [0.05, 0.1) is 26.5 Å². The maximum absolute atomic E-state index is 13.0. The molecule has 1 saturated heterocycles. The monoisotopic (exact) mass is 495 g/mol. The average molecular weight is 496 g/mol. The van der Waals surface area contributed by atoms with Crippen LogP contribution in [0.5, 0.6) is 5.75 Å². The molecule has 0 atom stereocenters. The molecule has 0 radical (unpaired) electrons. The second-order valence-corrected chi connectivity index (χ2v) is 8.55. The molecular weight excluding hydrogens is 474 g/mol. The molecule has 0 bridgehead atoms. The lowest BCUT2D eigenvalue weighted by atomic mass is 10.1. The van der Waals surface area contributed by atoms with Gasteiger partial charge in [-0.3, -0.25) is 9.69 Å². The molecule has 1 aliphatic heterocycles. The Labute approximate surface area is 192 Å². The highest BCUT2D eigenvalue weighted by Gasteiger charge is 2.14. The first-order chi connectivity index (χ1) is 15.6. The maximum atomic E-state index is 13.0. The molecule has 9 heteroatoms. The SMILES string of the molecule is COc1ccc(/C=N/n2cnc3c([nH]c4ccc(Br)cc43)c2=O)cc1CN1CCOCC1. The first kappa shape index (κ1) is 20.9. The number of rotatable bonds is 5. The average Bonchev–Trinajstić information content (AvgIpc) is 3.18. The molecule has 2 aromatic heterocycles. The minimum absolute atomic E-state index is 0.249. The van der Waals surface area contributed by atoms with Crippen molar-refractivity contribution in [2.24, 2.45) is 5.10 Å². The summed E-state index contributed by atoms with van der Waals surface area (Å²) in [6, 6.07) is 11.7. The second kappa shape index (κ2) is 8.85. The normalized spacial score (nSPS) is 15.2. The molecule has 32 heavy (non-hydrogen) atoms. The number of aromatic amines is 1. The summed E-state index contributed by atoms with van der Waals surface area (Å²) in [5.74, 6) is 0.832. The third-order valence-corrected chi connectivity index (χ3v) is 6.08. The van der Waals surface area contributed by atoms with Crippen LogP contribution in [0.3, 0.4) is 0 Å².